The molecule has 8 nitrogen and oxygen atoms in total. The first-order chi connectivity index (χ1) is 13.5. The van der Waals surface area contributed by atoms with Crippen molar-refractivity contribution in [2.75, 3.05) is 13.1 Å². The minimum absolute atomic E-state index is 0.0557. The van der Waals surface area contributed by atoms with Gasteiger partial charge in [-0.15, -0.1) is 0 Å². The Morgan fingerprint density at radius 1 is 1.24 bits per heavy atom. The summed E-state index contributed by atoms with van der Waals surface area (Å²) in [5.74, 6) is -0.747. The van der Waals surface area contributed by atoms with Crippen LogP contribution in [0.15, 0.2) is 41.8 Å². The van der Waals surface area contributed by atoms with Crippen molar-refractivity contribution in [3.8, 4) is 0 Å². The zero-order chi connectivity index (χ0) is 21.4. The summed E-state index contributed by atoms with van der Waals surface area (Å²) in [4.78, 5) is 16.2. The van der Waals surface area contributed by atoms with Gasteiger partial charge < -0.3 is 14.6 Å². The van der Waals surface area contributed by atoms with Crippen LogP contribution in [-0.4, -0.2) is 53.1 Å². The van der Waals surface area contributed by atoms with Crippen molar-refractivity contribution in [1.82, 2.24) is 19.2 Å². The van der Waals surface area contributed by atoms with E-state index in [1.54, 1.807) is 44.5 Å². The first-order valence-electron chi connectivity index (χ1n) is 9.19. The number of ether oxygens (including phenoxy) is 1. The van der Waals surface area contributed by atoms with E-state index in [-0.39, 0.29) is 29.9 Å². The van der Waals surface area contributed by atoms with Crippen molar-refractivity contribution in [1.29, 1.82) is 0 Å². The van der Waals surface area contributed by atoms with E-state index in [0.29, 0.717) is 0 Å². The van der Waals surface area contributed by atoms with E-state index in [1.807, 2.05) is 0 Å². The molecule has 1 fully saturated rings. The lowest BCUT2D eigenvalue weighted by Crippen LogP contribution is -2.43. The topological polar surface area (TPSA) is 93.5 Å². The molecule has 1 aliphatic heterocycles. The van der Waals surface area contributed by atoms with Crippen molar-refractivity contribution < 1.29 is 22.3 Å². The molecule has 0 aliphatic carbocycles. The van der Waals surface area contributed by atoms with Crippen LogP contribution < -0.4 is 5.32 Å². The monoisotopic (exact) mass is 424 g/mol. The molecule has 1 amide bonds. The van der Waals surface area contributed by atoms with E-state index in [0.717, 1.165) is 5.56 Å². The highest BCUT2D eigenvalue weighted by molar-refractivity contribution is 7.89. The van der Waals surface area contributed by atoms with Crippen molar-refractivity contribution in [3.63, 3.8) is 0 Å². The first-order valence-corrected chi connectivity index (χ1v) is 10.6. The third kappa shape index (κ3) is 4.94. The van der Waals surface area contributed by atoms with Gasteiger partial charge in [0.2, 0.25) is 0 Å². The lowest BCUT2D eigenvalue weighted by Gasteiger charge is -2.24. The van der Waals surface area contributed by atoms with Gasteiger partial charge in [-0.1, -0.05) is 12.1 Å². The van der Waals surface area contributed by atoms with Gasteiger partial charge >= 0.3 is 6.09 Å². The fourth-order valence-corrected chi connectivity index (χ4v) is 4.73. The van der Waals surface area contributed by atoms with Gasteiger partial charge in [-0.3, -0.25) is 0 Å². The number of hydrogen-bond donors (Lipinski definition) is 1. The molecule has 2 heterocycles. The van der Waals surface area contributed by atoms with Crippen LogP contribution >= 0.6 is 0 Å². The number of amides is 1. The number of rotatable bonds is 4. The minimum atomic E-state index is -3.84. The molecule has 0 radical (unpaired) electrons. The molecule has 0 bridgehead atoms. The molecule has 0 spiro atoms. The summed E-state index contributed by atoms with van der Waals surface area (Å²) in [5, 5.41) is 2.71. The van der Waals surface area contributed by atoms with E-state index in [4.69, 9.17) is 4.74 Å². The average molecular weight is 424 g/mol. The Hall–Kier alpha value is -2.46. The molecular weight excluding hydrogens is 399 g/mol. The number of carbonyl (C=O) groups is 1. The number of imidazole rings is 1. The molecule has 2 aromatic rings. The fraction of sp³-hybridized carbons (Fsp3) is 0.474. The SMILES string of the molecule is Cn1cnc(S(=O)(=O)N2C[C@H](NC(=O)OC(C)(C)C)[C@@H](c3ccc(F)cc3)C2)c1. The Kier molecular flexibility index (Phi) is 5.68. The van der Waals surface area contributed by atoms with Crippen LogP contribution in [-0.2, 0) is 21.8 Å². The average Bonchev–Trinajstić information content (AvgIpc) is 3.21. The molecule has 29 heavy (non-hydrogen) atoms. The Bertz CT molecular complexity index is 982. The summed E-state index contributed by atoms with van der Waals surface area (Å²) < 4.78 is 47.5. The summed E-state index contributed by atoms with van der Waals surface area (Å²) in [7, 11) is -2.15. The number of hydrogen-bond acceptors (Lipinski definition) is 5. The third-order valence-electron chi connectivity index (χ3n) is 4.57. The van der Waals surface area contributed by atoms with Crippen LogP contribution in [0.1, 0.15) is 32.3 Å². The van der Waals surface area contributed by atoms with Gasteiger partial charge in [0.05, 0.1) is 12.4 Å². The Morgan fingerprint density at radius 2 is 1.90 bits per heavy atom. The number of aromatic nitrogens is 2. The molecule has 1 aromatic carbocycles. The maximum absolute atomic E-state index is 13.3. The highest BCUT2D eigenvalue weighted by Gasteiger charge is 2.42. The standard InChI is InChI=1S/C19H25FN4O4S/c1-19(2,3)28-18(25)22-16-10-24(29(26,27)17-11-23(4)12-21-17)9-15(16)13-5-7-14(20)8-6-13/h5-8,11-12,15-16H,9-10H2,1-4H3,(H,22,25)/t15-,16+/m1/s1. The maximum atomic E-state index is 13.3. The lowest BCUT2D eigenvalue weighted by molar-refractivity contribution is 0.0503. The Balaban J connectivity index is 1.87. The van der Waals surface area contributed by atoms with Crippen LogP contribution in [0.25, 0.3) is 0 Å². The summed E-state index contributed by atoms with van der Waals surface area (Å²) in [6, 6.07) is 5.29. The maximum Gasteiger partial charge on any atom is 0.407 e. The summed E-state index contributed by atoms with van der Waals surface area (Å²) in [5.41, 5.74) is 0.0412. The highest BCUT2D eigenvalue weighted by Crippen LogP contribution is 2.31. The molecule has 1 aliphatic rings. The van der Waals surface area contributed by atoms with Crippen LogP contribution in [0.2, 0.25) is 0 Å². The highest BCUT2D eigenvalue weighted by atomic mass is 32.2. The largest absolute Gasteiger partial charge is 0.444 e. The molecule has 3 rings (SSSR count). The molecule has 1 aromatic heterocycles. The van der Waals surface area contributed by atoms with Crippen molar-refractivity contribution in [2.45, 2.75) is 43.4 Å². The van der Waals surface area contributed by atoms with Gasteiger partial charge in [0.25, 0.3) is 10.0 Å². The summed E-state index contributed by atoms with van der Waals surface area (Å²) in [6.45, 7) is 5.43. The van der Waals surface area contributed by atoms with Gasteiger partial charge in [0.15, 0.2) is 5.03 Å². The number of nitrogens with one attached hydrogen (secondary N) is 1. The third-order valence-corrected chi connectivity index (χ3v) is 6.29. The zero-order valence-corrected chi connectivity index (χ0v) is 17.6. The molecule has 0 saturated carbocycles. The number of nitrogens with zero attached hydrogens (tertiary/aromatic N) is 3. The first kappa shape index (κ1) is 21.3. The van der Waals surface area contributed by atoms with Gasteiger partial charge in [0, 0.05) is 32.3 Å². The lowest BCUT2D eigenvalue weighted by atomic mass is 9.94. The second-order valence-electron chi connectivity index (χ2n) is 8.11. The summed E-state index contributed by atoms with van der Waals surface area (Å²) in [6.07, 6.45) is 2.21. The molecule has 158 valence electrons. The molecular formula is C19H25FN4O4S. The number of sulfonamides is 1. The van der Waals surface area contributed by atoms with Crippen LogP contribution in [0.5, 0.6) is 0 Å². The van der Waals surface area contributed by atoms with E-state index in [2.05, 4.69) is 10.3 Å². The summed E-state index contributed by atoms with van der Waals surface area (Å²) >= 11 is 0. The van der Waals surface area contributed by atoms with Crippen molar-refractivity contribution in [2.24, 2.45) is 7.05 Å². The Morgan fingerprint density at radius 3 is 2.45 bits per heavy atom. The number of carbonyl (C=O) groups excluding carboxylic acids is 1. The van der Waals surface area contributed by atoms with Gasteiger partial charge in [-0.2, -0.15) is 4.31 Å². The Labute approximate surface area is 169 Å². The van der Waals surface area contributed by atoms with E-state index < -0.39 is 27.8 Å². The predicted molar refractivity (Wildman–Crippen MR) is 104 cm³/mol. The van der Waals surface area contributed by atoms with Gasteiger partial charge in [0.1, 0.15) is 11.4 Å². The second-order valence-corrected chi connectivity index (χ2v) is 9.99. The second kappa shape index (κ2) is 7.75. The van der Waals surface area contributed by atoms with Crippen LogP contribution in [0, 0.1) is 5.82 Å². The normalized spacial score (nSPS) is 20.6. The number of halogens is 1. The van der Waals surface area contributed by atoms with Crippen LogP contribution in [0.3, 0.4) is 0 Å². The zero-order valence-electron chi connectivity index (χ0n) is 16.8. The molecule has 0 unspecified atom stereocenters. The number of alkyl carbamates (subject to hydrolysis) is 1. The van der Waals surface area contributed by atoms with E-state index in [9.17, 15) is 17.6 Å². The smallest absolute Gasteiger partial charge is 0.407 e. The molecule has 1 saturated heterocycles. The predicted octanol–water partition coefficient (Wildman–Crippen LogP) is 2.24. The fourth-order valence-electron chi connectivity index (χ4n) is 3.27. The number of aryl methyl sites for hydroxylation is 1. The quantitative estimate of drug-likeness (QED) is 0.813. The molecule has 1 N–H and O–H groups in total. The number of benzene rings is 1. The van der Waals surface area contributed by atoms with Crippen molar-refractivity contribution >= 4 is 16.1 Å². The van der Waals surface area contributed by atoms with Crippen LogP contribution in [0.4, 0.5) is 9.18 Å². The van der Waals surface area contributed by atoms with Gasteiger partial charge in [-0.05, 0) is 38.5 Å². The van der Waals surface area contributed by atoms with E-state index >= 15 is 0 Å². The minimum Gasteiger partial charge on any atom is -0.444 e. The van der Waals surface area contributed by atoms with Crippen molar-refractivity contribution in [3.05, 3.63) is 48.2 Å². The molecule has 10 heteroatoms. The van der Waals surface area contributed by atoms with E-state index in [1.165, 1.54) is 29.0 Å². The van der Waals surface area contributed by atoms with Gasteiger partial charge in [-0.25, -0.2) is 22.6 Å². The molecule has 2 atom stereocenters.